The van der Waals surface area contributed by atoms with Gasteiger partial charge >= 0.3 is 5.97 Å². The Labute approximate surface area is 244 Å². The standard InChI is InChI=1S/C30H27ClN2O6S2/c1-40(36,37)32-26-9-5-6-21(18-26)20-33(30(29(34)35)19-28(30)24-7-3-2-4-8-24)41(38,39)27-16-12-23(13-17-27)22-10-14-25(31)15-11-22/h2-18,28,32H,19-20H2,1H3,(H,34,35)/t28-,30+/m0/s1. The van der Waals surface area contributed by atoms with Crippen LogP contribution in [-0.4, -0.2) is 44.0 Å². The van der Waals surface area contributed by atoms with Crippen molar-refractivity contribution in [3.05, 3.63) is 119 Å². The van der Waals surface area contributed by atoms with Crippen molar-refractivity contribution in [3.8, 4) is 11.1 Å². The van der Waals surface area contributed by atoms with E-state index in [-0.39, 0.29) is 23.5 Å². The fourth-order valence-corrected chi connectivity index (χ4v) is 7.54. The Balaban J connectivity index is 1.57. The lowest BCUT2D eigenvalue weighted by Gasteiger charge is -2.30. The van der Waals surface area contributed by atoms with Crippen LogP contribution in [0.1, 0.15) is 23.5 Å². The van der Waals surface area contributed by atoms with Crippen LogP contribution in [0.2, 0.25) is 5.02 Å². The van der Waals surface area contributed by atoms with Gasteiger partial charge < -0.3 is 5.11 Å². The molecule has 5 rings (SSSR count). The molecule has 2 atom stereocenters. The van der Waals surface area contributed by atoms with E-state index in [1.165, 1.54) is 24.3 Å². The molecule has 0 saturated heterocycles. The maximum absolute atomic E-state index is 14.2. The SMILES string of the molecule is CS(=O)(=O)Nc1cccc(CN([C@]2(C(=O)O)C[C@H]2c2ccccc2)S(=O)(=O)c2ccc(-c3ccc(Cl)cc3)cc2)c1. The van der Waals surface area contributed by atoms with E-state index in [0.717, 1.165) is 27.3 Å². The Morgan fingerprint density at radius 2 is 1.51 bits per heavy atom. The van der Waals surface area contributed by atoms with E-state index in [1.807, 2.05) is 18.2 Å². The van der Waals surface area contributed by atoms with Crippen LogP contribution in [-0.2, 0) is 31.4 Å². The first-order chi connectivity index (χ1) is 19.4. The molecule has 0 unspecified atom stereocenters. The Morgan fingerprint density at radius 3 is 2.10 bits per heavy atom. The molecule has 4 aromatic carbocycles. The molecule has 1 aliphatic carbocycles. The summed E-state index contributed by atoms with van der Waals surface area (Å²) in [4.78, 5) is 12.8. The maximum atomic E-state index is 14.2. The summed E-state index contributed by atoms with van der Waals surface area (Å²) in [5.41, 5.74) is 1.29. The van der Waals surface area contributed by atoms with Crippen molar-refractivity contribution >= 4 is 43.3 Å². The number of benzene rings is 4. The molecule has 0 bridgehead atoms. The molecule has 212 valence electrons. The van der Waals surface area contributed by atoms with Gasteiger partial charge in [0.15, 0.2) is 0 Å². The van der Waals surface area contributed by atoms with Gasteiger partial charge in [0.25, 0.3) is 0 Å². The van der Waals surface area contributed by atoms with Crippen molar-refractivity contribution in [1.29, 1.82) is 0 Å². The zero-order valence-electron chi connectivity index (χ0n) is 21.9. The van der Waals surface area contributed by atoms with Crippen LogP contribution in [0.15, 0.2) is 108 Å². The van der Waals surface area contributed by atoms with E-state index in [2.05, 4.69) is 4.72 Å². The summed E-state index contributed by atoms with van der Waals surface area (Å²) in [6, 6.07) is 28.6. The summed E-state index contributed by atoms with van der Waals surface area (Å²) in [5.74, 6) is -1.82. The molecule has 1 fully saturated rings. The third-order valence-corrected chi connectivity index (χ3v) is 9.89. The lowest BCUT2D eigenvalue weighted by molar-refractivity contribution is -0.143. The predicted octanol–water partition coefficient (Wildman–Crippen LogP) is 5.58. The topological polar surface area (TPSA) is 121 Å². The Bertz CT molecular complexity index is 1800. The smallest absolute Gasteiger partial charge is 0.325 e. The number of nitrogens with zero attached hydrogens (tertiary/aromatic N) is 1. The van der Waals surface area contributed by atoms with Crippen molar-refractivity contribution < 1.29 is 26.7 Å². The van der Waals surface area contributed by atoms with Gasteiger partial charge in [0.1, 0.15) is 5.54 Å². The Kier molecular flexibility index (Phi) is 7.69. The molecule has 0 spiro atoms. The van der Waals surface area contributed by atoms with Crippen molar-refractivity contribution in [2.24, 2.45) is 0 Å². The fourth-order valence-electron chi connectivity index (χ4n) is 5.09. The normalized spacial score (nSPS) is 18.7. The highest BCUT2D eigenvalue weighted by Gasteiger charge is 2.67. The molecule has 8 nitrogen and oxygen atoms in total. The Hall–Kier alpha value is -3.70. The van der Waals surface area contributed by atoms with E-state index in [4.69, 9.17) is 11.6 Å². The van der Waals surface area contributed by atoms with Gasteiger partial charge in [0, 0.05) is 23.2 Å². The van der Waals surface area contributed by atoms with Gasteiger partial charge in [-0.25, -0.2) is 16.8 Å². The van der Waals surface area contributed by atoms with Crippen LogP contribution < -0.4 is 4.72 Å². The average Bonchev–Trinajstić information content (AvgIpc) is 3.69. The van der Waals surface area contributed by atoms with Crippen molar-refractivity contribution in [2.75, 3.05) is 11.0 Å². The molecule has 0 heterocycles. The number of sulfonamides is 2. The zero-order chi connectivity index (χ0) is 29.4. The van der Waals surface area contributed by atoms with Crippen molar-refractivity contribution in [2.45, 2.75) is 29.3 Å². The van der Waals surface area contributed by atoms with Crippen LogP contribution >= 0.6 is 11.6 Å². The van der Waals surface area contributed by atoms with Crippen molar-refractivity contribution in [1.82, 2.24) is 4.31 Å². The number of hydrogen-bond acceptors (Lipinski definition) is 5. The van der Waals surface area contributed by atoms with Gasteiger partial charge in [0.2, 0.25) is 20.0 Å². The molecule has 41 heavy (non-hydrogen) atoms. The second-order valence-corrected chi connectivity index (χ2v) is 14.1. The highest BCUT2D eigenvalue weighted by Crippen LogP contribution is 2.57. The van der Waals surface area contributed by atoms with Gasteiger partial charge in [0.05, 0.1) is 11.2 Å². The highest BCUT2D eigenvalue weighted by atomic mass is 35.5. The number of carbonyl (C=O) groups is 1. The van der Waals surface area contributed by atoms with E-state index >= 15 is 0 Å². The first-order valence-electron chi connectivity index (χ1n) is 12.6. The minimum Gasteiger partial charge on any atom is -0.480 e. The number of nitrogens with one attached hydrogen (secondary N) is 1. The third kappa shape index (κ3) is 6.01. The van der Waals surface area contributed by atoms with Crippen LogP contribution in [0.25, 0.3) is 11.1 Å². The van der Waals surface area contributed by atoms with Crippen LogP contribution in [0.4, 0.5) is 5.69 Å². The quantitative estimate of drug-likeness (QED) is 0.242. The number of anilines is 1. The molecule has 2 N–H and O–H groups in total. The number of carboxylic acids is 1. The molecular formula is C30H27ClN2O6S2. The summed E-state index contributed by atoms with van der Waals surface area (Å²) in [5, 5.41) is 11.1. The van der Waals surface area contributed by atoms with Gasteiger partial charge in [-0.15, -0.1) is 0 Å². The van der Waals surface area contributed by atoms with Gasteiger partial charge in [-0.3, -0.25) is 9.52 Å². The maximum Gasteiger partial charge on any atom is 0.325 e. The minimum atomic E-state index is -4.34. The lowest BCUT2D eigenvalue weighted by atomic mass is 10.1. The second kappa shape index (κ2) is 10.9. The molecule has 0 amide bonds. The van der Waals surface area contributed by atoms with Crippen LogP contribution in [0.3, 0.4) is 0 Å². The molecular weight excluding hydrogens is 584 g/mol. The number of hydrogen-bond donors (Lipinski definition) is 2. The monoisotopic (exact) mass is 610 g/mol. The van der Waals surface area contributed by atoms with E-state index < -0.39 is 37.5 Å². The first kappa shape index (κ1) is 28.8. The molecule has 1 aliphatic rings. The molecule has 4 aromatic rings. The van der Waals surface area contributed by atoms with E-state index in [9.17, 15) is 26.7 Å². The number of aliphatic carboxylic acids is 1. The fraction of sp³-hybridized carbons (Fsp3) is 0.167. The zero-order valence-corrected chi connectivity index (χ0v) is 24.3. The molecule has 0 aliphatic heterocycles. The number of halogens is 1. The number of carboxylic acid groups (broad SMARTS) is 1. The molecule has 1 saturated carbocycles. The summed E-state index contributed by atoms with van der Waals surface area (Å²) in [7, 11) is -7.92. The first-order valence-corrected chi connectivity index (χ1v) is 16.3. The molecule has 11 heteroatoms. The minimum absolute atomic E-state index is 0.0556. The van der Waals surface area contributed by atoms with Gasteiger partial charge in [-0.2, -0.15) is 4.31 Å². The van der Waals surface area contributed by atoms with Gasteiger partial charge in [-0.05, 0) is 65.1 Å². The largest absolute Gasteiger partial charge is 0.480 e. The lowest BCUT2D eigenvalue weighted by Crippen LogP contribution is -2.48. The Morgan fingerprint density at radius 1 is 0.902 bits per heavy atom. The second-order valence-electron chi connectivity index (χ2n) is 10.0. The summed E-state index contributed by atoms with van der Waals surface area (Å²) >= 11 is 5.99. The molecule has 0 aromatic heterocycles. The van der Waals surface area contributed by atoms with E-state index in [1.54, 1.807) is 60.7 Å². The van der Waals surface area contributed by atoms with Crippen LogP contribution in [0.5, 0.6) is 0 Å². The number of rotatable bonds is 10. The highest BCUT2D eigenvalue weighted by molar-refractivity contribution is 7.92. The average molecular weight is 611 g/mol. The third-order valence-electron chi connectivity index (χ3n) is 7.13. The molecule has 0 radical (unpaired) electrons. The summed E-state index contributed by atoms with van der Waals surface area (Å²) < 4.78 is 55.5. The van der Waals surface area contributed by atoms with E-state index in [0.29, 0.717) is 10.6 Å². The summed E-state index contributed by atoms with van der Waals surface area (Å²) in [6.07, 6.45) is 1.11. The van der Waals surface area contributed by atoms with Crippen LogP contribution in [0, 0.1) is 0 Å². The van der Waals surface area contributed by atoms with Crippen molar-refractivity contribution in [3.63, 3.8) is 0 Å². The predicted molar refractivity (Wildman–Crippen MR) is 159 cm³/mol. The van der Waals surface area contributed by atoms with Gasteiger partial charge in [-0.1, -0.05) is 78.3 Å². The summed E-state index contributed by atoms with van der Waals surface area (Å²) in [6.45, 7) is -0.282.